The molecule has 1 aliphatic rings. The minimum absolute atomic E-state index is 0.200. The first-order chi connectivity index (χ1) is 8.75. The van der Waals surface area contributed by atoms with Crippen LogP contribution in [0.4, 0.5) is 0 Å². The number of nitrogens with zero attached hydrogens (tertiary/aromatic N) is 4. The molecule has 1 unspecified atom stereocenters. The van der Waals surface area contributed by atoms with E-state index in [0.29, 0.717) is 5.88 Å². The van der Waals surface area contributed by atoms with Crippen LogP contribution in [-0.2, 0) is 0 Å². The average molecular weight is 247 g/mol. The highest BCUT2D eigenvalue weighted by atomic mass is 16.5. The molecule has 6 nitrogen and oxygen atoms in total. The van der Waals surface area contributed by atoms with Gasteiger partial charge in [0.2, 0.25) is 5.88 Å². The highest BCUT2D eigenvalue weighted by Crippen LogP contribution is 2.24. The third kappa shape index (κ3) is 1.92. The van der Waals surface area contributed by atoms with Gasteiger partial charge in [-0.2, -0.15) is 5.10 Å². The van der Waals surface area contributed by atoms with E-state index in [1.165, 1.54) is 0 Å². The summed E-state index contributed by atoms with van der Waals surface area (Å²) in [5.74, 6) is 0.639. The average Bonchev–Trinajstić information content (AvgIpc) is 2.97. The Kier molecular flexibility index (Phi) is 2.87. The molecule has 0 bridgehead atoms. The van der Waals surface area contributed by atoms with E-state index in [2.05, 4.69) is 34.2 Å². The van der Waals surface area contributed by atoms with Crippen LogP contribution in [0.2, 0.25) is 0 Å². The zero-order valence-electron chi connectivity index (χ0n) is 10.6. The maximum atomic E-state index is 5.91. The van der Waals surface area contributed by atoms with E-state index < -0.39 is 0 Å². The first kappa shape index (κ1) is 11.4. The Bertz CT molecular complexity index is 544. The molecule has 2 aromatic heterocycles. The van der Waals surface area contributed by atoms with Crippen molar-refractivity contribution in [3.63, 3.8) is 0 Å². The summed E-state index contributed by atoms with van der Waals surface area (Å²) in [6.07, 6.45) is 4.54. The molecule has 6 heteroatoms. The Labute approximate surface area is 105 Å². The van der Waals surface area contributed by atoms with E-state index in [9.17, 15) is 0 Å². The van der Waals surface area contributed by atoms with Crippen LogP contribution in [0.5, 0.6) is 5.88 Å². The third-order valence-electron chi connectivity index (χ3n) is 3.14. The summed E-state index contributed by atoms with van der Waals surface area (Å²) in [4.78, 5) is 8.52. The second kappa shape index (κ2) is 4.53. The Balaban J connectivity index is 1.96. The Morgan fingerprint density at radius 2 is 2.33 bits per heavy atom. The van der Waals surface area contributed by atoms with Gasteiger partial charge in [-0.3, -0.25) is 0 Å². The first-order valence-corrected chi connectivity index (χ1v) is 6.31. The fraction of sp³-hybridized carbons (Fsp3) is 0.583. The van der Waals surface area contributed by atoms with Crippen LogP contribution in [0.1, 0.15) is 26.3 Å². The van der Waals surface area contributed by atoms with Gasteiger partial charge in [0.1, 0.15) is 17.8 Å². The number of ether oxygens (including phenoxy) is 1. The lowest BCUT2D eigenvalue weighted by Gasteiger charge is -2.12. The van der Waals surface area contributed by atoms with Crippen molar-refractivity contribution in [3.8, 4) is 5.88 Å². The molecule has 3 heterocycles. The molecule has 0 amide bonds. The molecule has 1 N–H and O–H groups in total. The van der Waals surface area contributed by atoms with Crippen molar-refractivity contribution in [3.05, 3.63) is 12.5 Å². The van der Waals surface area contributed by atoms with E-state index in [1.54, 1.807) is 12.5 Å². The van der Waals surface area contributed by atoms with Gasteiger partial charge >= 0.3 is 0 Å². The minimum atomic E-state index is 0.200. The number of nitrogens with one attached hydrogen (secondary N) is 1. The van der Waals surface area contributed by atoms with Gasteiger partial charge in [-0.25, -0.2) is 14.6 Å². The summed E-state index contributed by atoms with van der Waals surface area (Å²) in [5.41, 5.74) is 0.834. The van der Waals surface area contributed by atoms with Crippen LogP contribution in [-0.4, -0.2) is 38.9 Å². The first-order valence-electron chi connectivity index (χ1n) is 6.31. The largest absolute Gasteiger partial charge is 0.472 e. The molecule has 1 fully saturated rings. The second-order valence-corrected chi connectivity index (χ2v) is 4.83. The second-order valence-electron chi connectivity index (χ2n) is 4.83. The molecular weight excluding hydrogens is 230 g/mol. The molecule has 96 valence electrons. The van der Waals surface area contributed by atoms with E-state index in [-0.39, 0.29) is 12.1 Å². The summed E-state index contributed by atoms with van der Waals surface area (Å²) >= 11 is 0. The zero-order valence-corrected chi connectivity index (χ0v) is 10.6. The number of rotatable bonds is 3. The summed E-state index contributed by atoms with van der Waals surface area (Å²) in [6.45, 7) is 6.04. The molecule has 2 aromatic rings. The van der Waals surface area contributed by atoms with Crippen molar-refractivity contribution in [2.75, 3.05) is 13.1 Å². The lowest BCUT2D eigenvalue weighted by molar-refractivity contribution is 0.217. The van der Waals surface area contributed by atoms with Crippen LogP contribution < -0.4 is 10.1 Å². The maximum Gasteiger partial charge on any atom is 0.228 e. The summed E-state index contributed by atoms with van der Waals surface area (Å²) in [5, 5.41) is 8.51. The molecule has 0 spiro atoms. The number of hydrogen-bond acceptors (Lipinski definition) is 5. The quantitative estimate of drug-likeness (QED) is 0.881. The van der Waals surface area contributed by atoms with Crippen molar-refractivity contribution in [2.45, 2.75) is 32.4 Å². The summed E-state index contributed by atoms with van der Waals surface area (Å²) < 4.78 is 7.80. The predicted molar refractivity (Wildman–Crippen MR) is 67.6 cm³/mol. The molecule has 1 aliphatic heterocycles. The SMILES string of the molecule is CC(C)n1ncc2c(OC3CCNC3)ncnc21. The van der Waals surface area contributed by atoms with Crippen molar-refractivity contribution in [2.24, 2.45) is 0 Å². The standard InChI is InChI=1S/C12H17N5O/c1-8(2)17-11-10(6-16-17)12(15-7-14-11)18-9-3-4-13-5-9/h6-9,13H,3-5H2,1-2H3. The number of hydrogen-bond donors (Lipinski definition) is 1. The molecule has 0 radical (unpaired) electrons. The lowest BCUT2D eigenvalue weighted by Crippen LogP contribution is -2.20. The zero-order chi connectivity index (χ0) is 12.5. The van der Waals surface area contributed by atoms with Gasteiger partial charge in [0.25, 0.3) is 0 Å². The van der Waals surface area contributed by atoms with Gasteiger partial charge in [-0.15, -0.1) is 0 Å². The number of aromatic nitrogens is 4. The van der Waals surface area contributed by atoms with Crippen LogP contribution in [0.25, 0.3) is 11.0 Å². The van der Waals surface area contributed by atoms with E-state index in [1.807, 2.05) is 4.68 Å². The van der Waals surface area contributed by atoms with E-state index in [0.717, 1.165) is 30.5 Å². The topological polar surface area (TPSA) is 64.9 Å². The predicted octanol–water partition coefficient (Wildman–Crippen LogP) is 1.15. The molecule has 1 atom stereocenters. The maximum absolute atomic E-state index is 5.91. The van der Waals surface area contributed by atoms with Gasteiger partial charge in [-0.05, 0) is 26.8 Å². The van der Waals surface area contributed by atoms with Crippen molar-refractivity contribution < 1.29 is 4.74 Å². The summed E-state index contributed by atoms with van der Waals surface area (Å²) in [6, 6.07) is 0.276. The lowest BCUT2D eigenvalue weighted by atomic mass is 10.3. The molecule has 0 saturated carbocycles. The Morgan fingerprint density at radius 3 is 3.06 bits per heavy atom. The van der Waals surface area contributed by atoms with E-state index >= 15 is 0 Å². The molecule has 18 heavy (non-hydrogen) atoms. The number of fused-ring (bicyclic) bond motifs is 1. The molecular formula is C12H17N5O. The summed E-state index contributed by atoms with van der Waals surface area (Å²) in [7, 11) is 0. The van der Waals surface area contributed by atoms with Crippen LogP contribution in [0, 0.1) is 0 Å². The van der Waals surface area contributed by atoms with Crippen molar-refractivity contribution in [1.29, 1.82) is 0 Å². The fourth-order valence-corrected chi connectivity index (χ4v) is 2.20. The molecule has 3 rings (SSSR count). The third-order valence-corrected chi connectivity index (χ3v) is 3.14. The Morgan fingerprint density at radius 1 is 1.44 bits per heavy atom. The molecule has 1 saturated heterocycles. The van der Waals surface area contributed by atoms with Crippen molar-refractivity contribution >= 4 is 11.0 Å². The van der Waals surface area contributed by atoms with Gasteiger partial charge in [-0.1, -0.05) is 0 Å². The molecule has 0 aromatic carbocycles. The van der Waals surface area contributed by atoms with Crippen LogP contribution >= 0.6 is 0 Å². The minimum Gasteiger partial charge on any atom is -0.472 e. The van der Waals surface area contributed by atoms with E-state index in [4.69, 9.17) is 4.74 Å². The van der Waals surface area contributed by atoms with Crippen LogP contribution in [0.15, 0.2) is 12.5 Å². The monoisotopic (exact) mass is 247 g/mol. The normalized spacial score (nSPS) is 19.8. The van der Waals surface area contributed by atoms with Gasteiger partial charge in [0, 0.05) is 12.6 Å². The fourth-order valence-electron chi connectivity index (χ4n) is 2.20. The van der Waals surface area contributed by atoms with Crippen molar-refractivity contribution in [1.82, 2.24) is 25.1 Å². The molecule has 0 aliphatic carbocycles. The van der Waals surface area contributed by atoms with Crippen LogP contribution in [0.3, 0.4) is 0 Å². The van der Waals surface area contributed by atoms with Gasteiger partial charge in [0.15, 0.2) is 5.65 Å². The highest BCUT2D eigenvalue weighted by molar-refractivity contribution is 5.79. The van der Waals surface area contributed by atoms with Gasteiger partial charge < -0.3 is 10.1 Å². The smallest absolute Gasteiger partial charge is 0.228 e. The van der Waals surface area contributed by atoms with Gasteiger partial charge in [0.05, 0.1) is 6.20 Å². The highest BCUT2D eigenvalue weighted by Gasteiger charge is 2.19. The Hall–Kier alpha value is -1.69.